The number of nitrogens with one attached hydrogen (secondary N) is 1. The molecule has 3 heteroatoms. The fraction of sp³-hybridized carbons (Fsp3) is 0.733. The minimum atomic E-state index is 0.365. The first kappa shape index (κ1) is 15.1. The van der Waals surface area contributed by atoms with Crippen LogP contribution in [0.5, 0.6) is 0 Å². The molecule has 18 heavy (non-hydrogen) atoms. The molecule has 1 N–H and O–H groups in total. The van der Waals surface area contributed by atoms with Gasteiger partial charge in [-0.15, -0.1) is 0 Å². The first-order chi connectivity index (χ1) is 8.77. The van der Waals surface area contributed by atoms with Gasteiger partial charge in [-0.25, -0.2) is 0 Å². The van der Waals surface area contributed by atoms with Crippen LogP contribution in [-0.2, 0) is 0 Å². The molecule has 3 nitrogen and oxygen atoms in total. The molecule has 0 fully saturated rings. The molecule has 0 bridgehead atoms. The Morgan fingerprint density at radius 3 is 2.44 bits per heavy atom. The predicted molar refractivity (Wildman–Crippen MR) is 76.6 cm³/mol. The van der Waals surface area contributed by atoms with Crippen molar-refractivity contribution in [3.05, 3.63) is 23.8 Å². The van der Waals surface area contributed by atoms with Gasteiger partial charge in [0.05, 0.1) is 23.6 Å². The molecule has 0 radical (unpaired) electrons. The van der Waals surface area contributed by atoms with Gasteiger partial charge in [0, 0.05) is 6.20 Å². The summed E-state index contributed by atoms with van der Waals surface area (Å²) in [5.41, 5.74) is 2.06. The highest BCUT2D eigenvalue weighted by Crippen LogP contribution is 2.18. The van der Waals surface area contributed by atoms with E-state index < -0.39 is 0 Å². The summed E-state index contributed by atoms with van der Waals surface area (Å²) in [5, 5.41) is 3.51. The zero-order valence-electron chi connectivity index (χ0n) is 12.1. The lowest BCUT2D eigenvalue weighted by Crippen LogP contribution is -2.22. The third-order valence-corrected chi connectivity index (χ3v) is 3.20. The van der Waals surface area contributed by atoms with E-state index in [4.69, 9.17) is 0 Å². The zero-order chi connectivity index (χ0) is 13.2. The van der Waals surface area contributed by atoms with Crippen molar-refractivity contribution >= 4 is 0 Å². The number of hydrogen-bond donors (Lipinski definition) is 1. The molecular weight excluding hydrogens is 222 g/mol. The summed E-state index contributed by atoms with van der Waals surface area (Å²) in [6, 6.07) is 0.365. The van der Waals surface area contributed by atoms with Gasteiger partial charge in [-0.05, 0) is 19.9 Å². The molecule has 1 aromatic rings. The van der Waals surface area contributed by atoms with E-state index in [-0.39, 0.29) is 0 Å². The molecule has 1 rings (SSSR count). The van der Waals surface area contributed by atoms with Crippen LogP contribution in [0.1, 0.15) is 69.8 Å². The molecule has 0 aliphatic rings. The van der Waals surface area contributed by atoms with Gasteiger partial charge in [-0.2, -0.15) is 0 Å². The lowest BCUT2D eigenvalue weighted by atomic mass is 10.0. The van der Waals surface area contributed by atoms with Crippen LogP contribution < -0.4 is 5.32 Å². The van der Waals surface area contributed by atoms with Crippen molar-refractivity contribution in [2.45, 2.75) is 65.3 Å². The molecule has 1 heterocycles. The summed E-state index contributed by atoms with van der Waals surface area (Å²) in [6.07, 6.45) is 11.5. The van der Waals surface area contributed by atoms with E-state index in [1.165, 1.54) is 32.1 Å². The van der Waals surface area contributed by atoms with E-state index in [0.717, 1.165) is 24.4 Å². The molecular formula is C15H27N3. The molecule has 0 amide bonds. The van der Waals surface area contributed by atoms with Crippen molar-refractivity contribution in [2.24, 2.45) is 0 Å². The van der Waals surface area contributed by atoms with Crippen LogP contribution >= 0.6 is 0 Å². The smallest absolute Gasteiger partial charge is 0.0756 e. The Hall–Kier alpha value is -0.960. The minimum absolute atomic E-state index is 0.365. The number of unbranched alkanes of at least 4 members (excludes halogenated alkanes) is 4. The summed E-state index contributed by atoms with van der Waals surface area (Å²) in [7, 11) is 0. The molecule has 1 unspecified atom stereocenters. The first-order valence-corrected chi connectivity index (χ1v) is 7.29. The van der Waals surface area contributed by atoms with Crippen molar-refractivity contribution in [3.63, 3.8) is 0 Å². The van der Waals surface area contributed by atoms with E-state index in [2.05, 4.69) is 29.1 Å². The summed E-state index contributed by atoms with van der Waals surface area (Å²) < 4.78 is 0. The van der Waals surface area contributed by atoms with Crippen molar-refractivity contribution in [1.82, 2.24) is 15.3 Å². The molecule has 0 spiro atoms. The van der Waals surface area contributed by atoms with Gasteiger partial charge in [0.2, 0.25) is 0 Å². The van der Waals surface area contributed by atoms with Gasteiger partial charge in [0.15, 0.2) is 0 Å². The Kier molecular flexibility index (Phi) is 7.58. The highest BCUT2D eigenvalue weighted by atomic mass is 14.9. The van der Waals surface area contributed by atoms with Crippen molar-refractivity contribution < 1.29 is 0 Å². The molecule has 0 aliphatic carbocycles. The summed E-state index contributed by atoms with van der Waals surface area (Å²) in [6.45, 7) is 7.36. The van der Waals surface area contributed by atoms with Crippen molar-refractivity contribution in [3.8, 4) is 0 Å². The normalized spacial score (nSPS) is 12.6. The lowest BCUT2D eigenvalue weighted by molar-refractivity contribution is 0.468. The molecule has 0 aromatic carbocycles. The molecule has 1 aromatic heterocycles. The maximum atomic E-state index is 4.49. The second-order valence-electron chi connectivity index (χ2n) is 4.90. The molecule has 0 saturated heterocycles. The standard InChI is InChI=1S/C15H27N3/c1-4-6-7-8-9-10-14(16-5-2)15-12-17-13(3)11-18-15/h11-12,14,16H,4-10H2,1-3H3. The van der Waals surface area contributed by atoms with E-state index in [0.29, 0.717) is 6.04 Å². The van der Waals surface area contributed by atoms with Crippen LogP contribution in [0, 0.1) is 6.92 Å². The Morgan fingerprint density at radius 2 is 1.83 bits per heavy atom. The predicted octanol–water partition coefficient (Wildman–Crippen LogP) is 3.80. The Labute approximate surface area is 111 Å². The van der Waals surface area contributed by atoms with Gasteiger partial charge in [0.1, 0.15) is 0 Å². The second kappa shape index (κ2) is 9.03. The monoisotopic (exact) mass is 249 g/mol. The van der Waals surface area contributed by atoms with E-state index in [1.54, 1.807) is 0 Å². The van der Waals surface area contributed by atoms with Crippen molar-refractivity contribution in [2.75, 3.05) is 6.54 Å². The quantitative estimate of drug-likeness (QED) is 0.676. The maximum Gasteiger partial charge on any atom is 0.0756 e. The van der Waals surface area contributed by atoms with Crippen LogP contribution in [0.3, 0.4) is 0 Å². The van der Waals surface area contributed by atoms with E-state index in [9.17, 15) is 0 Å². The van der Waals surface area contributed by atoms with Crippen molar-refractivity contribution in [1.29, 1.82) is 0 Å². The fourth-order valence-electron chi connectivity index (χ4n) is 2.14. The third-order valence-electron chi connectivity index (χ3n) is 3.20. The van der Waals surface area contributed by atoms with Gasteiger partial charge < -0.3 is 5.32 Å². The van der Waals surface area contributed by atoms with E-state index in [1.807, 2.05) is 19.3 Å². The fourth-order valence-corrected chi connectivity index (χ4v) is 2.14. The average Bonchev–Trinajstić information content (AvgIpc) is 2.38. The highest BCUT2D eigenvalue weighted by Gasteiger charge is 2.11. The second-order valence-corrected chi connectivity index (χ2v) is 4.90. The largest absolute Gasteiger partial charge is 0.309 e. The number of hydrogen-bond acceptors (Lipinski definition) is 3. The van der Waals surface area contributed by atoms with Crippen LogP contribution in [0.15, 0.2) is 12.4 Å². The van der Waals surface area contributed by atoms with Crippen LogP contribution in [0.4, 0.5) is 0 Å². The number of nitrogens with zero attached hydrogens (tertiary/aromatic N) is 2. The third kappa shape index (κ3) is 5.58. The maximum absolute atomic E-state index is 4.49. The Bertz CT molecular complexity index is 308. The van der Waals surface area contributed by atoms with Crippen LogP contribution in [0.25, 0.3) is 0 Å². The number of rotatable bonds is 9. The first-order valence-electron chi connectivity index (χ1n) is 7.29. The van der Waals surface area contributed by atoms with E-state index >= 15 is 0 Å². The summed E-state index contributed by atoms with van der Waals surface area (Å²) in [5.74, 6) is 0. The van der Waals surface area contributed by atoms with Gasteiger partial charge in [-0.1, -0.05) is 46.0 Å². The zero-order valence-corrected chi connectivity index (χ0v) is 12.1. The minimum Gasteiger partial charge on any atom is -0.309 e. The number of aryl methyl sites for hydroxylation is 1. The topological polar surface area (TPSA) is 37.8 Å². The number of aromatic nitrogens is 2. The average molecular weight is 249 g/mol. The van der Waals surface area contributed by atoms with Gasteiger partial charge in [-0.3, -0.25) is 9.97 Å². The molecule has 102 valence electrons. The van der Waals surface area contributed by atoms with Gasteiger partial charge in [0.25, 0.3) is 0 Å². The molecule has 0 saturated carbocycles. The van der Waals surface area contributed by atoms with Crippen LogP contribution in [0.2, 0.25) is 0 Å². The van der Waals surface area contributed by atoms with Gasteiger partial charge >= 0.3 is 0 Å². The lowest BCUT2D eigenvalue weighted by Gasteiger charge is -2.17. The molecule has 1 atom stereocenters. The highest BCUT2D eigenvalue weighted by molar-refractivity contribution is 5.05. The Morgan fingerprint density at radius 1 is 1.06 bits per heavy atom. The molecule has 0 aliphatic heterocycles. The summed E-state index contributed by atoms with van der Waals surface area (Å²) >= 11 is 0. The SMILES string of the molecule is CCCCCCCC(NCC)c1cnc(C)cn1. The van der Waals surface area contributed by atoms with Crippen LogP contribution in [-0.4, -0.2) is 16.5 Å². The Balaban J connectivity index is 2.41. The summed E-state index contributed by atoms with van der Waals surface area (Å²) in [4.78, 5) is 8.82.